The number of nitrogens with one attached hydrogen (secondary N) is 2. The number of allylic oxidation sites excluding steroid dienone is 1. The third kappa shape index (κ3) is 3.70. The van der Waals surface area contributed by atoms with Gasteiger partial charge in [-0.1, -0.05) is 18.2 Å². The average molecular weight is 473 g/mol. The fourth-order valence-electron chi connectivity index (χ4n) is 3.34. The van der Waals surface area contributed by atoms with Gasteiger partial charge < -0.3 is 10.7 Å². The zero-order chi connectivity index (χ0) is 23.8. The number of rotatable bonds is 6. The number of hydrogen-bond donors (Lipinski definition) is 2. The predicted molar refractivity (Wildman–Crippen MR) is 114 cm³/mol. The first-order chi connectivity index (χ1) is 15.7. The Morgan fingerprint density at radius 2 is 1.97 bits per heavy atom. The number of hydrogen-bond acceptors (Lipinski definition) is 7. The summed E-state index contributed by atoms with van der Waals surface area (Å²) in [4.78, 5) is 7.69. The molecule has 0 fully saturated rings. The first-order valence-electron chi connectivity index (χ1n) is 9.28. The number of aromatic nitrogens is 4. The summed E-state index contributed by atoms with van der Waals surface area (Å²) in [5.41, 5.74) is -0.581. The van der Waals surface area contributed by atoms with E-state index in [1.165, 1.54) is 24.4 Å². The van der Waals surface area contributed by atoms with E-state index in [-0.39, 0.29) is 39.2 Å². The Bertz CT molecular complexity index is 1550. The maximum atomic E-state index is 13.8. The molecule has 0 saturated carbocycles. The maximum Gasteiger partial charge on any atom is 0.450 e. The van der Waals surface area contributed by atoms with Crippen molar-refractivity contribution in [3.05, 3.63) is 60.8 Å². The Labute approximate surface area is 185 Å². The Hall–Kier alpha value is -4.18. The summed E-state index contributed by atoms with van der Waals surface area (Å²) in [5, 5.41) is 18.9. The molecule has 0 spiro atoms. The monoisotopic (exact) mass is 473 g/mol. The van der Waals surface area contributed by atoms with Crippen molar-refractivity contribution in [3.8, 4) is 6.07 Å². The highest BCUT2D eigenvalue weighted by atomic mass is 32.2. The van der Waals surface area contributed by atoms with Gasteiger partial charge in [0, 0.05) is 24.0 Å². The summed E-state index contributed by atoms with van der Waals surface area (Å²) in [6.07, 6.45) is -0.890. The fraction of sp³-hybridized carbons (Fsp3) is 0.100. The molecule has 0 aliphatic rings. The highest BCUT2D eigenvalue weighted by Crippen LogP contribution is 2.36. The second-order valence-electron chi connectivity index (χ2n) is 6.68. The molecule has 168 valence electrons. The SMILES string of the molecule is N#CCN/C=C(\C=N)n1c(C(F)(F)F)nc2cnc3c(ccn3S(=O)(=O)c3ccccc3)c21. The Morgan fingerprint density at radius 3 is 2.61 bits per heavy atom. The van der Waals surface area contributed by atoms with E-state index in [1.54, 1.807) is 24.3 Å². The molecule has 2 N–H and O–H groups in total. The van der Waals surface area contributed by atoms with Gasteiger partial charge in [0.25, 0.3) is 10.0 Å². The summed E-state index contributed by atoms with van der Waals surface area (Å²) in [6.45, 7) is -0.200. The van der Waals surface area contributed by atoms with Crippen molar-refractivity contribution in [2.45, 2.75) is 11.1 Å². The number of alkyl halides is 3. The van der Waals surface area contributed by atoms with Gasteiger partial charge >= 0.3 is 6.18 Å². The van der Waals surface area contributed by atoms with E-state index < -0.39 is 22.0 Å². The van der Waals surface area contributed by atoms with E-state index in [1.807, 2.05) is 0 Å². The van der Waals surface area contributed by atoms with Crippen LogP contribution in [0.5, 0.6) is 0 Å². The smallest absolute Gasteiger partial charge is 0.377 e. The van der Waals surface area contributed by atoms with Crippen LogP contribution in [0.25, 0.3) is 27.8 Å². The molecular formula is C20H14F3N7O2S. The first kappa shape index (κ1) is 22.0. The van der Waals surface area contributed by atoms with Crippen molar-refractivity contribution >= 4 is 44.0 Å². The highest BCUT2D eigenvalue weighted by Gasteiger charge is 2.39. The van der Waals surface area contributed by atoms with Gasteiger partial charge in [0.05, 0.1) is 28.4 Å². The molecule has 0 aliphatic carbocycles. The molecule has 9 nitrogen and oxygen atoms in total. The maximum absolute atomic E-state index is 13.8. The Morgan fingerprint density at radius 1 is 1.24 bits per heavy atom. The quantitative estimate of drug-likeness (QED) is 0.251. The summed E-state index contributed by atoms with van der Waals surface area (Å²) in [5.74, 6) is -1.32. The van der Waals surface area contributed by atoms with Crippen LogP contribution in [0, 0.1) is 16.7 Å². The van der Waals surface area contributed by atoms with Gasteiger partial charge in [-0.25, -0.2) is 22.4 Å². The van der Waals surface area contributed by atoms with Crippen molar-refractivity contribution in [2.75, 3.05) is 6.54 Å². The second kappa shape index (κ2) is 8.06. The minimum Gasteiger partial charge on any atom is -0.377 e. The molecule has 13 heteroatoms. The zero-order valence-electron chi connectivity index (χ0n) is 16.6. The number of halogens is 3. The van der Waals surface area contributed by atoms with Crippen LogP contribution in [0.3, 0.4) is 0 Å². The van der Waals surface area contributed by atoms with Gasteiger partial charge in [-0.3, -0.25) is 4.57 Å². The first-order valence-corrected chi connectivity index (χ1v) is 10.7. The largest absolute Gasteiger partial charge is 0.450 e. The van der Waals surface area contributed by atoms with Gasteiger partial charge in [-0.15, -0.1) is 0 Å². The van der Waals surface area contributed by atoms with Gasteiger partial charge in [-0.2, -0.15) is 18.4 Å². The molecule has 3 heterocycles. The molecule has 1 aromatic carbocycles. The normalized spacial score (nSPS) is 12.7. The van der Waals surface area contributed by atoms with Crippen LogP contribution in [0.2, 0.25) is 0 Å². The summed E-state index contributed by atoms with van der Waals surface area (Å²) in [6, 6.07) is 10.6. The van der Waals surface area contributed by atoms with E-state index in [0.717, 1.165) is 16.4 Å². The van der Waals surface area contributed by atoms with Crippen LogP contribution in [0.15, 0.2) is 59.9 Å². The average Bonchev–Trinajstić information content (AvgIpc) is 3.39. The van der Waals surface area contributed by atoms with Crippen molar-refractivity contribution in [2.24, 2.45) is 0 Å². The number of imidazole rings is 1. The van der Waals surface area contributed by atoms with Crippen molar-refractivity contribution < 1.29 is 21.6 Å². The number of pyridine rings is 1. The Balaban J connectivity index is 2.05. The Kier molecular flexibility index (Phi) is 5.38. The molecule has 0 bridgehead atoms. The fourth-order valence-corrected chi connectivity index (χ4v) is 4.66. The summed E-state index contributed by atoms with van der Waals surface area (Å²) < 4.78 is 69.2. The number of nitriles is 1. The molecule has 4 aromatic rings. The van der Waals surface area contributed by atoms with Gasteiger partial charge in [0.2, 0.25) is 5.82 Å². The molecular weight excluding hydrogens is 459 g/mol. The molecule has 0 atom stereocenters. The highest BCUT2D eigenvalue weighted by molar-refractivity contribution is 7.90. The van der Waals surface area contributed by atoms with Crippen LogP contribution in [-0.4, -0.2) is 39.7 Å². The van der Waals surface area contributed by atoms with Crippen LogP contribution >= 0.6 is 0 Å². The van der Waals surface area contributed by atoms with Crippen LogP contribution in [-0.2, 0) is 16.2 Å². The van der Waals surface area contributed by atoms with Gasteiger partial charge in [0.15, 0.2) is 5.65 Å². The number of benzene rings is 1. The number of fused-ring (bicyclic) bond motifs is 3. The molecule has 0 aliphatic heterocycles. The lowest BCUT2D eigenvalue weighted by Gasteiger charge is -2.12. The van der Waals surface area contributed by atoms with Crippen molar-refractivity contribution in [1.29, 1.82) is 10.7 Å². The lowest BCUT2D eigenvalue weighted by atomic mass is 10.3. The molecule has 0 amide bonds. The van der Waals surface area contributed by atoms with E-state index in [4.69, 9.17) is 10.7 Å². The van der Waals surface area contributed by atoms with E-state index in [2.05, 4.69) is 15.3 Å². The van der Waals surface area contributed by atoms with Gasteiger partial charge in [-0.05, 0) is 18.2 Å². The van der Waals surface area contributed by atoms with Crippen molar-refractivity contribution in [3.63, 3.8) is 0 Å². The molecule has 3 aromatic heterocycles. The van der Waals surface area contributed by atoms with Crippen LogP contribution in [0.1, 0.15) is 5.82 Å². The molecule has 0 radical (unpaired) electrons. The minimum atomic E-state index is -4.89. The molecule has 0 saturated heterocycles. The number of nitrogens with zero attached hydrogens (tertiary/aromatic N) is 5. The van der Waals surface area contributed by atoms with E-state index in [9.17, 15) is 21.6 Å². The standard InChI is InChI=1S/C20H14F3N7O2S/c21-20(22,23)19-28-16-12-27-18-15(17(16)30(19)13(10-25)11-26-8-7-24)6-9-29(18)33(31,32)14-4-2-1-3-5-14/h1-6,9-12,25-26H,8H2/b13-11+,25-10?. The van der Waals surface area contributed by atoms with E-state index in [0.29, 0.717) is 10.8 Å². The predicted octanol–water partition coefficient (Wildman–Crippen LogP) is 3.20. The van der Waals surface area contributed by atoms with Gasteiger partial charge in [0.1, 0.15) is 12.1 Å². The third-order valence-corrected chi connectivity index (χ3v) is 6.37. The molecule has 33 heavy (non-hydrogen) atoms. The van der Waals surface area contributed by atoms with E-state index >= 15 is 0 Å². The third-order valence-electron chi connectivity index (χ3n) is 4.69. The molecule has 4 rings (SSSR count). The summed E-state index contributed by atoms with van der Waals surface area (Å²) in [7, 11) is -4.07. The topological polar surface area (TPSA) is 129 Å². The zero-order valence-corrected chi connectivity index (χ0v) is 17.4. The lowest BCUT2D eigenvalue weighted by Crippen LogP contribution is -2.17. The summed E-state index contributed by atoms with van der Waals surface area (Å²) >= 11 is 0. The van der Waals surface area contributed by atoms with Crippen LogP contribution in [0.4, 0.5) is 13.2 Å². The second-order valence-corrected chi connectivity index (χ2v) is 8.50. The van der Waals surface area contributed by atoms with Crippen LogP contribution < -0.4 is 5.32 Å². The molecule has 0 unspecified atom stereocenters. The van der Waals surface area contributed by atoms with Crippen molar-refractivity contribution in [1.82, 2.24) is 23.8 Å². The lowest BCUT2D eigenvalue weighted by molar-refractivity contribution is -0.145. The minimum absolute atomic E-state index is 0.0188.